The zero-order chi connectivity index (χ0) is 20.9. The number of halogens is 2. The Morgan fingerprint density at radius 1 is 1.14 bits per heavy atom. The topological polar surface area (TPSA) is 49.4 Å². The summed E-state index contributed by atoms with van der Waals surface area (Å²) in [4.78, 5) is 29.1. The number of allylic oxidation sites excluding steroid dienone is 2. The Bertz CT molecular complexity index is 1030. The lowest BCUT2D eigenvalue weighted by Gasteiger charge is -2.35. The summed E-state index contributed by atoms with van der Waals surface area (Å²) in [5.41, 5.74) is 2.60. The van der Waals surface area contributed by atoms with Crippen LogP contribution in [0.25, 0.3) is 0 Å². The Labute approximate surface area is 187 Å². The maximum atomic E-state index is 13.5. The molecule has 0 aromatic heterocycles. The quantitative estimate of drug-likeness (QED) is 0.566. The van der Waals surface area contributed by atoms with Gasteiger partial charge in [0.1, 0.15) is 5.54 Å². The molecule has 29 heavy (non-hydrogen) atoms. The van der Waals surface area contributed by atoms with Gasteiger partial charge in [-0.2, -0.15) is 0 Å². The largest absolute Gasteiger partial charge is 0.324 e. The van der Waals surface area contributed by atoms with Gasteiger partial charge in [0.05, 0.1) is 5.92 Å². The van der Waals surface area contributed by atoms with Crippen molar-refractivity contribution < 1.29 is 9.59 Å². The van der Waals surface area contributed by atoms with Crippen molar-refractivity contribution in [2.24, 2.45) is 5.92 Å². The molecule has 6 heteroatoms. The van der Waals surface area contributed by atoms with Crippen molar-refractivity contribution in [3.05, 3.63) is 74.2 Å². The molecule has 1 spiro atoms. The molecule has 150 valence electrons. The van der Waals surface area contributed by atoms with E-state index >= 15 is 0 Å². The summed E-state index contributed by atoms with van der Waals surface area (Å²) >= 11 is 7.03. The molecule has 2 aromatic carbocycles. The molecular formula is C23H22Br2N2O2. The Hall–Kier alpha value is -1.76. The molecule has 2 aliphatic rings. The average Bonchev–Trinajstić information content (AvgIpc) is 3.11. The Morgan fingerprint density at radius 2 is 1.79 bits per heavy atom. The van der Waals surface area contributed by atoms with Crippen LogP contribution >= 0.6 is 31.9 Å². The number of anilines is 1. The van der Waals surface area contributed by atoms with Crippen molar-refractivity contribution >= 4 is 49.2 Å². The number of hydrogen-bond acceptors (Lipinski definition) is 3. The highest BCUT2D eigenvalue weighted by atomic mass is 79.9. The summed E-state index contributed by atoms with van der Waals surface area (Å²) in [5, 5.41) is 3.03. The summed E-state index contributed by atoms with van der Waals surface area (Å²) < 4.78 is 1.88. The standard InChI is InChI=1S/C23H22Br2N2O2/c1-13(2)10-20(28)21-17(14-4-6-15(24)7-5-14)12-27(3)23(21)18-11-16(25)8-9-19(18)26-22(23)29/h4-11,17,21H,12H2,1-3H3,(H,26,29)/t17-,21+,23-/m0/s1. The summed E-state index contributed by atoms with van der Waals surface area (Å²) in [5.74, 6) is -0.746. The molecule has 4 rings (SSSR count). The SMILES string of the molecule is CC(C)=CC(=O)[C@H]1[C@H](c2ccc(Br)cc2)CN(C)[C@]12C(=O)Nc1ccc(Br)cc12. The molecule has 1 saturated heterocycles. The lowest BCUT2D eigenvalue weighted by Crippen LogP contribution is -2.51. The van der Waals surface area contributed by atoms with Gasteiger partial charge in [-0.3, -0.25) is 14.5 Å². The minimum absolute atomic E-state index is 0.00903. The second-order valence-corrected chi connectivity index (χ2v) is 9.88. The van der Waals surface area contributed by atoms with Gasteiger partial charge in [0.15, 0.2) is 5.78 Å². The van der Waals surface area contributed by atoms with Crippen molar-refractivity contribution in [2.75, 3.05) is 18.9 Å². The van der Waals surface area contributed by atoms with E-state index in [0.717, 1.165) is 31.3 Å². The number of nitrogens with one attached hydrogen (secondary N) is 1. The van der Waals surface area contributed by atoms with E-state index in [-0.39, 0.29) is 17.6 Å². The number of rotatable bonds is 3. The molecule has 0 bridgehead atoms. The van der Waals surface area contributed by atoms with Gasteiger partial charge in [-0.15, -0.1) is 0 Å². The van der Waals surface area contributed by atoms with Crippen molar-refractivity contribution in [1.29, 1.82) is 0 Å². The summed E-state index contributed by atoms with van der Waals surface area (Å²) in [6.45, 7) is 4.45. The highest BCUT2D eigenvalue weighted by Gasteiger charge is 2.63. The van der Waals surface area contributed by atoms with Crippen LogP contribution in [0.5, 0.6) is 0 Å². The van der Waals surface area contributed by atoms with Gasteiger partial charge in [0.2, 0.25) is 5.91 Å². The number of nitrogens with zero attached hydrogens (tertiary/aromatic N) is 1. The lowest BCUT2D eigenvalue weighted by molar-refractivity contribution is -0.133. The molecule has 0 unspecified atom stereocenters. The molecule has 2 aliphatic heterocycles. The van der Waals surface area contributed by atoms with Gasteiger partial charge in [0, 0.05) is 32.7 Å². The van der Waals surface area contributed by atoms with Crippen LogP contribution in [-0.2, 0) is 15.1 Å². The van der Waals surface area contributed by atoms with E-state index in [1.165, 1.54) is 0 Å². The molecule has 2 aromatic rings. The second-order valence-electron chi connectivity index (χ2n) is 8.05. The molecule has 3 atom stereocenters. The third-order valence-corrected chi connectivity index (χ3v) is 6.97. The van der Waals surface area contributed by atoms with Crippen molar-refractivity contribution in [1.82, 2.24) is 4.90 Å². The first kappa shape index (κ1) is 20.5. The van der Waals surface area contributed by atoms with Gasteiger partial charge in [-0.1, -0.05) is 49.6 Å². The summed E-state index contributed by atoms with van der Waals surface area (Å²) in [6, 6.07) is 13.8. The molecular weight excluding hydrogens is 496 g/mol. The van der Waals surface area contributed by atoms with Gasteiger partial charge in [0.25, 0.3) is 0 Å². The number of hydrogen-bond donors (Lipinski definition) is 1. The summed E-state index contributed by atoms with van der Waals surface area (Å²) in [7, 11) is 1.94. The molecule has 0 saturated carbocycles. The normalized spacial score (nSPS) is 25.8. The number of carbonyl (C=O) groups is 2. The minimum atomic E-state index is -1.03. The molecule has 2 heterocycles. The van der Waals surface area contributed by atoms with Gasteiger partial charge in [-0.05, 0) is 62.9 Å². The number of fused-ring (bicyclic) bond motifs is 2. The molecule has 1 N–H and O–H groups in total. The van der Waals surface area contributed by atoms with Gasteiger partial charge in [-0.25, -0.2) is 0 Å². The zero-order valence-electron chi connectivity index (χ0n) is 16.5. The lowest BCUT2D eigenvalue weighted by atomic mass is 9.71. The van der Waals surface area contributed by atoms with Crippen LogP contribution in [0.3, 0.4) is 0 Å². The van der Waals surface area contributed by atoms with Crippen LogP contribution in [0.4, 0.5) is 5.69 Å². The smallest absolute Gasteiger partial charge is 0.250 e. The molecule has 1 amide bonds. The third-order valence-electron chi connectivity index (χ3n) is 5.95. The van der Waals surface area contributed by atoms with Gasteiger partial charge >= 0.3 is 0 Å². The van der Waals surface area contributed by atoms with E-state index in [2.05, 4.69) is 42.1 Å². The summed E-state index contributed by atoms with van der Waals surface area (Å²) in [6.07, 6.45) is 1.68. The zero-order valence-corrected chi connectivity index (χ0v) is 19.7. The van der Waals surface area contributed by atoms with Crippen LogP contribution in [0.15, 0.2) is 63.1 Å². The van der Waals surface area contributed by atoms with Crippen molar-refractivity contribution in [2.45, 2.75) is 25.3 Å². The first-order chi connectivity index (χ1) is 13.7. The predicted octanol–water partition coefficient (Wildman–Crippen LogP) is 5.24. The molecule has 4 nitrogen and oxygen atoms in total. The molecule has 0 radical (unpaired) electrons. The Kier molecular flexibility index (Phi) is 5.30. The fraction of sp³-hybridized carbons (Fsp3) is 0.304. The van der Waals surface area contributed by atoms with Crippen molar-refractivity contribution in [3.8, 4) is 0 Å². The average molecular weight is 518 g/mol. The maximum Gasteiger partial charge on any atom is 0.250 e. The highest BCUT2D eigenvalue weighted by molar-refractivity contribution is 9.10. The Balaban J connectivity index is 1.94. The second kappa shape index (κ2) is 7.49. The van der Waals surface area contributed by atoms with Crippen molar-refractivity contribution in [3.63, 3.8) is 0 Å². The fourth-order valence-corrected chi connectivity index (χ4v) is 5.45. The molecule has 0 aliphatic carbocycles. The number of carbonyl (C=O) groups excluding carboxylic acids is 2. The van der Waals surface area contributed by atoms with Gasteiger partial charge < -0.3 is 5.32 Å². The monoisotopic (exact) mass is 516 g/mol. The van der Waals surface area contributed by atoms with E-state index in [9.17, 15) is 9.59 Å². The first-order valence-electron chi connectivity index (χ1n) is 9.52. The first-order valence-corrected chi connectivity index (χ1v) is 11.1. The number of benzene rings is 2. The van der Waals surface area contributed by atoms with Crippen LogP contribution in [-0.4, -0.2) is 30.2 Å². The van der Waals surface area contributed by atoms with Crippen LogP contribution < -0.4 is 5.32 Å². The van der Waals surface area contributed by atoms with Crippen LogP contribution in [0.2, 0.25) is 0 Å². The van der Waals surface area contributed by atoms with E-state index in [1.54, 1.807) is 6.08 Å². The van der Waals surface area contributed by atoms with E-state index in [4.69, 9.17) is 0 Å². The Morgan fingerprint density at radius 3 is 2.45 bits per heavy atom. The third kappa shape index (κ3) is 3.22. The van der Waals surface area contributed by atoms with E-state index in [1.807, 2.05) is 63.4 Å². The minimum Gasteiger partial charge on any atom is -0.324 e. The van der Waals surface area contributed by atoms with Crippen LogP contribution in [0, 0.1) is 5.92 Å². The number of likely N-dealkylation sites (N-methyl/N-ethyl adjacent to an activating group) is 1. The van der Waals surface area contributed by atoms with E-state index in [0.29, 0.717) is 6.54 Å². The predicted molar refractivity (Wildman–Crippen MR) is 122 cm³/mol. The van der Waals surface area contributed by atoms with E-state index < -0.39 is 11.5 Å². The number of likely N-dealkylation sites (tertiary alicyclic amines) is 1. The number of ketones is 1. The molecule has 1 fully saturated rings. The maximum absolute atomic E-state index is 13.5. The number of amides is 1. The highest BCUT2D eigenvalue weighted by Crippen LogP contribution is 2.55. The fourth-order valence-electron chi connectivity index (χ4n) is 4.83. The van der Waals surface area contributed by atoms with Crippen LogP contribution in [0.1, 0.15) is 30.9 Å².